The molecule has 6 nitrogen and oxygen atoms in total. The molecule has 0 radical (unpaired) electrons. The lowest BCUT2D eigenvalue weighted by molar-refractivity contribution is -0.119. The standard InChI is InChI=1S/C20H27F2N5O/c1-4-6-17(25-16-7-8-18(24-14-16)20(3,21)22)19(23-9-5-2)27-12-10-26(15-28)11-13-27/h5-9,14-15,25H,4,10-13H2,1-3H3/b9-5-,17-6-,23-19+. The second-order valence-corrected chi connectivity index (χ2v) is 6.54. The predicted octanol–water partition coefficient (Wildman–Crippen LogP) is 3.61. The summed E-state index contributed by atoms with van der Waals surface area (Å²) < 4.78 is 26.8. The van der Waals surface area contributed by atoms with Crippen LogP contribution in [0.4, 0.5) is 14.5 Å². The van der Waals surface area contributed by atoms with Gasteiger partial charge < -0.3 is 15.1 Å². The van der Waals surface area contributed by atoms with Crippen LogP contribution in [-0.2, 0) is 10.7 Å². The van der Waals surface area contributed by atoms with Crippen molar-refractivity contribution in [3.05, 3.63) is 48.1 Å². The first-order chi connectivity index (χ1) is 13.4. The molecule has 152 valence electrons. The van der Waals surface area contributed by atoms with Crippen LogP contribution in [0.25, 0.3) is 0 Å². The highest BCUT2D eigenvalue weighted by atomic mass is 19.3. The summed E-state index contributed by atoms with van der Waals surface area (Å²) in [5, 5.41) is 3.25. The number of nitrogens with zero attached hydrogens (tertiary/aromatic N) is 4. The summed E-state index contributed by atoms with van der Waals surface area (Å²) in [6, 6.07) is 2.90. The Bertz CT molecular complexity index is 730. The number of amidine groups is 1. The number of rotatable bonds is 7. The van der Waals surface area contributed by atoms with Crippen LogP contribution in [0.3, 0.4) is 0 Å². The molecule has 1 N–H and O–H groups in total. The number of nitrogens with one attached hydrogen (secondary N) is 1. The van der Waals surface area contributed by atoms with Crippen LogP contribution in [0, 0.1) is 0 Å². The lowest BCUT2D eigenvalue weighted by Crippen LogP contribution is -2.49. The van der Waals surface area contributed by atoms with E-state index in [2.05, 4.69) is 20.2 Å². The Kier molecular flexibility index (Phi) is 7.66. The largest absolute Gasteiger partial charge is 0.352 e. The second-order valence-electron chi connectivity index (χ2n) is 6.54. The maximum atomic E-state index is 13.4. The fourth-order valence-electron chi connectivity index (χ4n) is 2.79. The third kappa shape index (κ3) is 5.87. The van der Waals surface area contributed by atoms with Gasteiger partial charge in [-0.25, -0.2) is 4.99 Å². The Morgan fingerprint density at radius 3 is 2.54 bits per heavy atom. The molecular formula is C20H27F2N5O. The van der Waals surface area contributed by atoms with Gasteiger partial charge in [0, 0.05) is 39.3 Å². The van der Waals surface area contributed by atoms with Crippen molar-refractivity contribution in [1.29, 1.82) is 0 Å². The van der Waals surface area contributed by atoms with E-state index in [-0.39, 0.29) is 5.69 Å². The highest BCUT2D eigenvalue weighted by Gasteiger charge is 2.26. The molecule has 1 aromatic heterocycles. The van der Waals surface area contributed by atoms with Crippen LogP contribution in [0.2, 0.25) is 0 Å². The molecule has 2 rings (SSSR count). The quantitative estimate of drug-likeness (QED) is 0.438. The van der Waals surface area contributed by atoms with E-state index in [9.17, 15) is 13.6 Å². The lowest BCUT2D eigenvalue weighted by atomic mass is 10.2. The fourth-order valence-corrected chi connectivity index (χ4v) is 2.79. The van der Waals surface area contributed by atoms with Gasteiger partial charge in [0.1, 0.15) is 5.69 Å². The monoisotopic (exact) mass is 391 g/mol. The Balaban J connectivity index is 2.25. The summed E-state index contributed by atoms with van der Waals surface area (Å²) in [5.74, 6) is -2.23. The minimum Gasteiger partial charge on any atom is -0.352 e. The van der Waals surface area contributed by atoms with Gasteiger partial charge in [0.25, 0.3) is 5.92 Å². The highest BCUT2D eigenvalue weighted by Crippen LogP contribution is 2.26. The number of pyridine rings is 1. The molecule has 1 amide bonds. The Labute approximate surface area is 164 Å². The predicted molar refractivity (Wildman–Crippen MR) is 107 cm³/mol. The number of halogens is 2. The van der Waals surface area contributed by atoms with Crippen molar-refractivity contribution in [2.45, 2.75) is 33.1 Å². The van der Waals surface area contributed by atoms with Crippen molar-refractivity contribution in [1.82, 2.24) is 14.8 Å². The molecule has 0 aromatic carbocycles. The van der Waals surface area contributed by atoms with Gasteiger partial charge in [-0.15, -0.1) is 0 Å². The molecule has 28 heavy (non-hydrogen) atoms. The van der Waals surface area contributed by atoms with E-state index >= 15 is 0 Å². The third-order valence-corrected chi connectivity index (χ3v) is 4.25. The Morgan fingerprint density at radius 1 is 1.32 bits per heavy atom. The molecule has 1 aliphatic heterocycles. The molecule has 8 heteroatoms. The van der Waals surface area contributed by atoms with Gasteiger partial charge in [-0.05, 0) is 25.5 Å². The number of aromatic nitrogens is 1. The van der Waals surface area contributed by atoms with E-state index in [0.717, 1.165) is 31.3 Å². The summed E-state index contributed by atoms with van der Waals surface area (Å²) >= 11 is 0. The zero-order valence-electron chi connectivity index (χ0n) is 16.5. The topological polar surface area (TPSA) is 60.8 Å². The fraction of sp³-hybridized carbons (Fsp3) is 0.450. The third-order valence-electron chi connectivity index (χ3n) is 4.25. The van der Waals surface area contributed by atoms with Crippen molar-refractivity contribution < 1.29 is 13.6 Å². The lowest BCUT2D eigenvalue weighted by Gasteiger charge is -2.35. The molecule has 0 aliphatic carbocycles. The first-order valence-corrected chi connectivity index (χ1v) is 9.34. The van der Waals surface area contributed by atoms with E-state index in [1.165, 1.54) is 12.3 Å². The SMILES string of the molecule is C\C=C/N=C(\C(=C\CC)Nc1ccc(C(C)(F)F)nc1)N1CCN(C=O)CC1. The molecular weight excluding hydrogens is 364 g/mol. The van der Waals surface area contributed by atoms with Gasteiger partial charge in [-0.2, -0.15) is 8.78 Å². The number of aliphatic imine (C=N–C) groups is 1. The molecule has 2 heterocycles. The zero-order valence-corrected chi connectivity index (χ0v) is 16.5. The minimum atomic E-state index is -2.97. The van der Waals surface area contributed by atoms with Crippen molar-refractivity contribution in [2.24, 2.45) is 4.99 Å². The van der Waals surface area contributed by atoms with Crippen LogP contribution in [0.15, 0.2) is 47.4 Å². The maximum absolute atomic E-state index is 13.4. The van der Waals surface area contributed by atoms with Crippen molar-refractivity contribution in [2.75, 3.05) is 31.5 Å². The molecule has 1 saturated heterocycles. The number of piperazine rings is 1. The van der Waals surface area contributed by atoms with Gasteiger partial charge in [0.2, 0.25) is 6.41 Å². The Hall–Kier alpha value is -2.77. The maximum Gasteiger partial charge on any atom is 0.286 e. The molecule has 1 fully saturated rings. The van der Waals surface area contributed by atoms with Gasteiger partial charge in [-0.1, -0.05) is 19.1 Å². The van der Waals surface area contributed by atoms with Crippen LogP contribution in [-0.4, -0.2) is 53.2 Å². The molecule has 0 bridgehead atoms. The van der Waals surface area contributed by atoms with Crippen LogP contribution in [0.5, 0.6) is 0 Å². The van der Waals surface area contributed by atoms with E-state index in [1.54, 1.807) is 17.2 Å². The van der Waals surface area contributed by atoms with Crippen molar-refractivity contribution >= 4 is 17.9 Å². The number of hydrogen-bond acceptors (Lipinski definition) is 4. The molecule has 1 aromatic rings. The summed E-state index contributed by atoms with van der Waals surface area (Å²) in [7, 11) is 0. The number of allylic oxidation sites excluding steroid dienone is 2. The van der Waals surface area contributed by atoms with Crippen LogP contribution >= 0.6 is 0 Å². The molecule has 0 atom stereocenters. The molecule has 0 saturated carbocycles. The summed E-state index contributed by atoms with van der Waals surface area (Å²) in [6.45, 7) is 7.30. The van der Waals surface area contributed by atoms with Crippen molar-refractivity contribution in [3.63, 3.8) is 0 Å². The van der Waals surface area contributed by atoms with E-state index in [0.29, 0.717) is 31.9 Å². The molecule has 0 unspecified atom stereocenters. The second kappa shape index (κ2) is 9.96. The van der Waals surface area contributed by atoms with Crippen molar-refractivity contribution in [3.8, 4) is 0 Å². The molecule has 1 aliphatic rings. The number of hydrogen-bond donors (Lipinski definition) is 1. The average molecular weight is 391 g/mol. The van der Waals surface area contributed by atoms with Crippen LogP contribution < -0.4 is 5.32 Å². The number of anilines is 1. The normalized spacial score (nSPS) is 16.6. The summed E-state index contributed by atoms with van der Waals surface area (Å²) in [4.78, 5) is 23.2. The Morgan fingerprint density at radius 2 is 2.04 bits per heavy atom. The highest BCUT2D eigenvalue weighted by molar-refractivity contribution is 6.01. The van der Waals surface area contributed by atoms with E-state index in [4.69, 9.17) is 0 Å². The summed E-state index contributed by atoms with van der Waals surface area (Å²) in [5.41, 5.74) is 1.11. The van der Waals surface area contributed by atoms with Crippen LogP contribution in [0.1, 0.15) is 32.9 Å². The number of carbonyl (C=O) groups excluding carboxylic acids is 1. The number of amides is 1. The van der Waals surface area contributed by atoms with Gasteiger partial charge in [0.05, 0.1) is 17.6 Å². The van der Waals surface area contributed by atoms with E-state index < -0.39 is 5.92 Å². The smallest absolute Gasteiger partial charge is 0.286 e. The molecule has 0 spiro atoms. The summed E-state index contributed by atoms with van der Waals surface area (Å²) in [6.07, 6.45) is 8.57. The van der Waals surface area contributed by atoms with E-state index in [1.807, 2.05) is 26.0 Å². The first-order valence-electron chi connectivity index (χ1n) is 9.34. The van der Waals surface area contributed by atoms with Gasteiger partial charge in [-0.3, -0.25) is 9.78 Å². The minimum absolute atomic E-state index is 0.271. The zero-order chi connectivity index (χ0) is 20.6. The van der Waals surface area contributed by atoms with Gasteiger partial charge >= 0.3 is 0 Å². The first kappa shape index (κ1) is 21.5. The number of carbonyl (C=O) groups is 1. The average Bonchev–Trinajstić information content (AvgIpc) is 2.68. The number of alkyl halides is 2. The van der Waals surface area contributed by atoms with Gasteiger partial charge in [0.15, 0.2) is 5.84 Å².